The number of hydrogen-bond acceptors (Lipinski definition) is 4. The van der Waals surface area contributed by atoms with Crippen molar-refractivity contribution in [3.63, 3.8) is 0 Å². The maximum atomic E-state index is 13.7. The molecule has 3 rings (SSSR count). The van der Waals surface area contributed by atoms with Gasteiger partial charge in [0, 0.05) is 17.6 Å². The predicted octanol–water partition coefficient (Wildman–Crippen LogP) is 4.20. The van der Waals surface area contributed by atoms with Crippen LogP contribution in [0, 0.1) is 13.8 Å². The fraction of sp³-hybridized carbons (Fsp3) is 0.462. The Labute approximate surface area is 213 Å². The highest BCUT2D eigenvalue weighted by Crippen LogP contribution is 2.27. The molecule has 1 unspecified atom stereocenters. The number of anilines is 1. The van der Waals surface area contributed by atoms with Crippen LogP contribution < -0.4 is 9.62 Å². The van der Waals surface area contributed by atoms with E-state index in [4.69, 9.17) is 11.6 Å². The second-order valence-corrected chi connectivity index (χ2v) is 11.7. The number of para-hydroxylation sites is 1. The summed E-state index contributed by atoms with van der Waals surface area (Å²) in [6.45, 7) is 5.02. The number of carbonyl (C=O) groups is 2. The van der Waals surface area contributed by atoms with Gasteiger partial charge < -0.3 is 10.2 Å². The van der Waals surface area contributed by atoms with Gasteiger partial charge in [-0.2, -0.15) is 0 Å². The number of sulfonamides is 1. The molecule has 35 heavy (non-hydrogen) atoms. The molecule has 1 N–H and O–H groups in total. The number of nitrogens with one attached hydrogen (secondary N) is 1. The lowest BCUT2D eigenvalue weighted by Crippen LogP contribution is -2.52. The van der Waals surface area contributed by atoms with Crippen LogP contribution in [-0.4, -0.2) is 50.0 Å². The average molecular weight is 520 g/mol. The number of benzene rings is 2. The van der Waals surface area contributed by atoms with Gasteiger partial charge in [-0.25, -0.2) is 8.42 Å². The first kappa shape index (κ1) is 27.0. The van der Waals surface area contributed by atoms with Crippen LogP contribution in [-0.2, 0) is 26.2 Å². The Morgan fingerprint density at radius 1 is 1.09 bits per heavy atom. The quantitative estimate of drug-likeness (QED) is 0.538. The molecule has 0 saturated heterocycles. The van der Waals surface area contributed by atoms with Crippen LogP contribution in [0.25, 0.3) is 0 Å². The van der Waals surface area contributed by atoms with Gasteiger partial charge in [0.05, 0.1) is 11.9 Å². The molecule has 9 heteroatoms. The van der Waals surface area contributed by atoms with Crippen LogP contribution in [0.4, 0.5) is 5.69 Å². The zero-order chi connectivity index (χ0) is 25.8. The third-order valence-electron chi connectivity index (χ3n) is 6.48. The minimum absolute atomic E-state index is 0.107. The van der Waals surface area contributed by atoms with Crippen molar-refractivity contribution in [2.24, 2.45) is 0 Å². The maximum Gasteiger partial charge on any atom is 0.244 e. The Bertz CT molecular complexity index is 1160. The minimum Gasteiger partial charge on any atom is -0.352 e. The molecule has 0 spiro atoms. The summed E-state index contributed by atoms with van der Waals surface area (Å²) in [5, 5.41) is 3.57. The SMILES string of the molecule is Cc1cccc(C)c1N(CC(=O)N(Cc1cccc(Cl)c1)C(C)C(=O)NC1CCCC1)S(C)(=O)=O. The Morgan fingerprint density at radius 3 is 2.26 bits per heavy atom. The molecule has 0 aromatic heterocycles. The number of amides is 2. The van der Waals surface area contributed by atoms with E-state index in [1.165, 1.54) is 4.90 Å². The summed E-state index contributed by atoms with van der Waals surface area (Å²) in [5.74, 6) is -0.711. The fourth-order valence-corrected chi connectivity index (χ4v) is 5.76. The summed E-state index contributed by atoms with van der Waals surface area (Å²) in [6, 6.07) is 11.9. The summed E-state index contributed by atoms with van der Waals surface area (Å²) in [4.78, 5) is 28.2. The highest BCUT2D eigenvalue weighted by Gasteiger charge is 2.32. The van der Waals surface area contributed by atoms with Gasteiger partial charge in [0.2, 0.25) is 21.8 Å². The van der Waals surface area contributed by atoms with E-state index in [9.17, 15) is 18.0 Å². The third-order valence-corrected chi connectivity index (χ3v) is 7.83. The Kier molecular flexibility index (Phi) is 8.83. The van der Waals surface area contributed by atoms with Crippen LogP contribution in [0.2, 0.25) is 5.02 Å². The molecule has 0 radical (unpaired) electrons. The van der Waals surface area contributed by atoms with E-state index in [0.717, 1.165) is 52.9 Å². The Morgan fingerprint density at radius 2 is 1.69 bits per heavy atom. The van der Waals surface area contributed by atoms with E-state index >= 15 is 0 Å². The Hall–Kier alpha value is -2.58. The molecule has 190 valence electrons. The maximum absolute atomic E-state index is 13.7. The van der Waals surface area contributed by atoms with Crippen molar-refractivity contribution in [3.8, 4) is 0 Å². The number of carbonyl (C=O) groups excluding carboxylic acids is 2. The van der Waals surface area contributed by atoms with Crippen LogP contribution >= 0.6 is 11.6 Å². The van der Waals surface area contributed by atoms with Crippen molar-refractivity contribution in [1.82, 2.24) is 10.2 Å². The molecule has 0 bridgehead atoms. The summed E-state index contributed by atoms with van der Waals surface area (Å²) in [7, 11) is -3.77. The molecule has 1 saturated carbocycles. The highest BCUT2D eigenvalue weighted by molar-refractivity contribution is 7.92. The van der Waals surface area contributed by atoms with Gasteiger partial charge in [-0.3, -0.25) is 13.9 Å². The van der Waals surface area contributed by atoms with Gasteiger partial charge >= 0.3 is 0 Å². The average Bonchev–Trinajstić information content (AvgIpc) is 3.28. The molecule has 7 nitrogen and oxygen atoms in total. The highest BCUT2D eigenvalue weighted by atomic mass is 35.5. The first-order valence-electron chi connectivity index (χ1n) is 11.9. The lowest BCUT2D eigenvalue weighted by Gasteiger charge is -2.33. The lowest BCUT2D eigenvalue weighted by molar-refractivity contribution is -0.139. The topological polar surface area (TPSA) is 86.8 Å². The van der Waals surface area contributed by atoms with E-state index in [1.807, 2.05) is 38.1 Å². The minimum atomic E-state index is -3.77. The lowest BCUT2D eigenvalue weighted by atomic mass is 10.1. The fourth-order valence-electron chi connectivity index (χ4n) is 4.58. The predicted molar refractivity (Wildman–Crippen MR) is 140 cm³/mol. The molecule has 1 atom stereocenters. The molecule has 1 fully saturated rings. The molecule has 2 amide bonds. The Balaban J connectivity index is 1.92. The van der Waals surface area contributed by atoms with Crippen LogP contribution in [0.15, 0.2) is 42.5 Å². The number of hydrogen-bond donors (Lipinski definition) is 1. The first-order chi connectivity index (χ1) is 16.5. The molecule has 2 aromatic carbocycles. The van der Waals surface area contributed by atoms with E-state index in [1.54, 1.807) is 25.1 Å². The summed E-state index contributed by atoms with van der Waals surface area (Å²) in [5.41, 5.74) is 2.73. The van der Waals surface area contributed by atoms with Gasteiger partial charge in [0.1, 0.15) is 12.6 Å². The van der Waals surface area contributed by atoms with Crippen LogP contribution in [0.5, 0.6) is 0 Å². The molecule has 1 aliphatic carbocycles. The zero-order valence-corrected chi connectivity index (χ0v) is 22.3. The number of rotatable bonds is 9. The number of nitrogens with zero attached hydrogens (tertiary/aromatic N) is 2. The first-order valence-corrected chi connectivity index (χ1v) is 14.1. The van der Waals surface area contributed by atoms with Gasteiger partial charge in [-0.15, -0.1) is 0 Å². The number of halogens is 1. The molecular formula is C26H34ClN3O4S. The van der Waals surface area contributed by atoms with Crippen molar-refractivity contribution in [3.05, 3.63) is 64.2 Å². The van der Waals surface area contributed by atoms with Crippen molar-refractivity contribution < 1.29 is 18.0 Å². The van der Waals surface area contributed by atoms with E-state index in [0.29, 0.717) is 10.7 Å². The molecule has 0 heterocycles. The largest absolute Gasteiger partial charge is 0.352 e. The van der Waals surface area contributed by atoms with Crippen LogP contribution in [0.3, 0.4) is 0 Å². The summed E-state index contributed by atoms with van der Waals surface area (Å²) < 4.78 is 26.7. The monoisotopic (exact) mass is 519 g/mol. The zero-order valence-electron chi connectivity index (χ0n) is 20.8. The second-order valence-electron chi connectivity index (χ2n) is 9.33. The smallest absolute Gasteiger partial charge is 0.244 e. The van der Waals surface area contributed by atoms with E-state index in [2.05, 4.69) is 5.32 Å². The third kappa shape index (κ3) is 6.98. The summed E-state index contributed by atoms with van der Waals surface area (Å²) >= 11 is 6.15. The molecule has 0 aliphatic heterocycles. The number of aryl methyl sites for hydroxylation is 2. The van der Waals surface area contributed by atoms with E-state index < -0.39 is 28.5 Å². The van der Waals surface area contributed by atoms with Crippen molar-refractivity contribution in [2.45, 2.75) is 65.1 Å². The van der Waals surface area contributed by atoms with Gasteiger partial charge in [-0.1, -0.05) is 54.8 Å². The van der Waals surface area contributed by atoms with Gasteiger partial charge in [0.15, 0.2) is 0 Å². The molecular weight excluding hydrogens is 486 g/mol. The van der Waals surface area contributed by atoms with Crippen molar-refractivity contribution in [1.29, 1.82) is 0 Å². The van der Waals surface area contributed by atoms with E-state index in [-0.39, 0.29) is 18.5 Å². The molecule has 2 aromatic rings. The van der Waals surface area contributed by atoms with Gasteiger partial charge in [-0.05, 0) is 62.4 Å². The second kappa shape index (κ2) is 11.4. The molecule has 1 aliphatic rings. The van der Waals surface area contributed by atoms with Crippen molar-refractivity contribution in [2.75, 3.05) is 17.1 Å². The van der Waals surface area contributed by atoms with Gasteiger partial charge in [0.25, 0.3) is 0 Å². The van der Waals surface area contributed by atoms with Crippen LogP contribution in [0.1, 0.15) is 49.3 Å². The normalized spacial score (nSPS) is 15.0. The van der Waals surface area contributed by atoms with Crippen molar-refractivity contribution >= 4 is 39.1 Å². The standard InChI is InChI=1S/C26H34ClN3O4S/c1-18-9-7-10-19(2)25(18)30(35(4,33)34)17-24(31)29(16-21-11-8-12-22(27)15-21)20(3)26(32)28-23-13-5-6-14-23/h7-12,15,20,23H,5-6,13-14,16-17H2,1-4H3,(H,28,32). The summed E-state index contributed by atoms with van der Waals surface area (Å²) in [6.07, 6.45) is 5.08.